The normalized spacial score (nSPS) is 44.7. The topological polar surface area (TPSA) is 22.9 Å². The van der Waals surface area contributed by atoms with Gasteiger partial charge in [-0.1, -0.05) is 13.8 Å². The highest BCUT2D eigenvalue weighted by atomic mass is 16.7. The van der Waals surface area contributed by atoms with Gasteiger partial charge in [0.05, 0.1) is 19.7 Å². The first kappa shape index (κ1) is 15.4. The summed E-state index contributed by atoms with van der Waals surface area (Å²) in [6, 6.07) is 0. The number of quaternary nitrogens is 1. The largest absolute Gasteiger partial charge is 0.350 e. The number of likely N-dealkylation sites (tertiary alicyclic amines) is 1. The lowest BCUT2D eigenvalue weighted by Crippen LogP contribution is -3.13. The summed E-state index contributed by atoms with van der Waals surface area (Å²) in [4.78, 5) is 1.74. The summed E-state index contributed by atoms with van der Waals surface area (Å²) in [6.07, 6.45) is 10.2. The minimum atomic E-state index is 0.0813. The van der Waals surface area contributed by atoms with Gasteiger partial charge in [0, 0.05) is 6.42 Å². The van der Waals surface area contributed by atoms with Crippen molar-refractivity contribution in [2.24, 2.45) is 23.2 Å². The van der Waals surface area contributed by atoms with Crippen molar-refractivity contribution < 1.29 is 14.4 Å². The maximum Gasteiger partial charge on any atom is 0.158 e. The Labute approximate surface area is 135 Å². The van der Waals surface area contributed by atoms with Crippen molar-refractivity contribution in [3.63, 3.8) is 0 Å². The number of fused-ring (bicyclic) bond motifs is 2. The van der Waals surface area contributed by atoms with Gasteiger partial charge in [0.1, 0.15) is 12.6 Å². The van der Waals surface area contributed by atoms with Crippen molar-refractivity contribution in [2.45, 2.75) is 71.2 Å². The predicted octanol–water partition coefficient (Wildman–Crippen LogP) is 2.26. The van der Waals surface area contributed by atoms with Crippen molar-refractivity contribution in [1.82, 2.24) is 0 Å². The molecule has 0 unspecified atom stereocenters. The van der Waals surface area contributed by atoms with E-state index in [1.807, 2.05) is 0 Å². The van der Waals surface area contributed by atoms with E-state index < -0.39 is 0 Å². The van der Waals surface area contributed by atoms with Crippen LogP contribution in [0.25, 0.3) is 0 Å². The number of rotatable bonds is 4. The first-order valence-electron chi connectivity index (χ1n) is 9.73. The molecule has 3 heteroatoms. The van der Waals surface area contributed by atoms with E-state index in [1.165, 1.54) is 51.6 Å². The average molecular weight is 308 g/mol. The van der Waals surface area contributed by atoms with Crippen LogP contribution in [0.5, 0.6) is 0 Å². The number of hydrogen-bond donors (Lipinski definition) is 1. The standard InChI is InChI=1S/C19H33NO2/c1-19(2)15-7-6-14(10-15)17(19)11-18-21-13-16(22-18)12-20-8-4-3-5-9-20/h14-18H,3-13H2,1-2H3/p+1/t14-,15+,16+,17-,18-/m0/s1. The summed E-state index contributed by atoms with van der Waals surface area (Å²) < 4.78 is 12.3. The highest BCUT2D eigenvalue weighted by Gasteiger charge is 2.53. The molecule has 2 aliphatic carbocycles. The number of ether oxygens (including phenoxy) is 2. The second-order valence-electron chi connectivity index (χ2n) is 8.97. The van der Waals surface area contributed by atoms with Crippen LogP contribution in [0.3, 0.4) is 0 Å². The molecule has 2 bridgehead atoms. The Morgan fingerprint density at radius 2 is 1.91 bits per heavy atom. The molecule has 4 fully saturated rings. The molecule has 2 saturated heterocycles. The van der Waals surface area contributed by atoms with E-state index in [4.69, 9.17) is 9.47 Å². The van der Waals surface area contributed by atoms with Crippen molar-refractivity contribution >= 4 is 0 Å². The number of piperidine rings is 1. The van der Waals surface area contributed by atoms with E-state index in [9.17, 15) is 0 Å². The van der Waals surface area contributed by atoms with Crippen LogP contribution in [0.4, 0.5) is 0 Å². The third-order valence-corrected chi connectivity index (χ3v) is 7.39. The molecule has 0 aromatic carbocycles. The molecule has 4 aliphatic rings. The van der Waals surface area contributed by atoms with Gasteiger partial charge < -0.3 is 14.4 Å². The molecule has 0 spiro atoms. The lowest BCUT2D eigenvalue weighted by atomic mass is 9.67. The van der Waals surface area contributed by atoms with Gasteiger partial charge in [0.15, 0.2) is 6.29 Å². The van der Waals surface area contributed by atoms with E-state index in [1.54, 1.807) is 4.90 Å². The SMILES string of the molecule is CC1(C)[C@@H]2CC[C@@H](C2)[C@@H]1C[C@H]1OC[C@@H](C[NH+]2CCCCC2)O1. The Morgan fingerprint density at radius 3 is 2.64 bits per heavy atom. The molecule has 0 aromatic heterocycles. The molecule has 2 heterocycles. The van der Waals surface area contributed by atoms with E-state index in [0.717, 1.165) is 37.3 Å². The van der Waals surface area contributed by atoms with E-state index in [0.29, 0.717) is 11.5 Å². The molecule has 126 valence electrons. The molecule has 2 saturated carbocycles. The highest BCUT2D eigenvalue weighted by molar-refractivity contribution is 5.01. The Hall–Kier alpha value is -0.120. The number of nitrogens with one attached hydrogen (secondary N) is 1. The van der Waals surface area contributed by atoms with Gasteiger partial charge in [0.2, 0.25) is 0 Å². The molecule has 0 radical (unpaired) electrons. The second-order valence-corrected chi connectivity index (χ2v) is 8.97. The molecule has 4 rings (SSSR count). The molecule has 3 nitrogen and oxygen atoms in total. The Kier molecular flexibility index (Phi) is 4.25. The van der Waals surface area contributed by atoms with E-state index >= 15 is 0 Å². The summed E-state index contributed by atoms with van der Waals surface area (Å²) in [7, 11) is 0. The zero-order valence-corrected chi connectivity index (χ0v) is 14.5. The van der Waals surface area contributed by atoms with Crippen LogP contribution in [-0.2, 0) is 9.47 Å². The molecule has 22 heavy (non-hydrogen) atoms. The van der Waals surface area contributed by atoms with E-state index in [2.05, 4.69) is 13.8 Å². The zero-order chi connectivity index (χ0) is 15.2. The fourth-order valence-corrected chi connectivity index (χ4v) is 5.99. The lowest BCUT2D eigenvalue weighted by Gasteiger charge is -2.39. The van der Waals surface area contributed by atoms with Crippen molar-refractivity contribution in [3.8, 4) is 0 Å². The molecular formula is C19H34NO2+. The van der Waals surface area contributed by atoms with Crippen molar-refractivity contribution in [3.05, 3.63) is 0 Å². The quantitative estimate of drug-likeness (QED) is 0.861. The average Bonchev–Trinajstić information content (AvgIpc) is 3.19. The third-order valence-electron chi connectivity index (χ3n) is 7.39. The summed E-state index contributed by atoms with van der Waals surface area (Å²) >= 11 is 0. The second kappa shape index (κ2) is 6.07. The van der Waals surface area contributed by atoms with Crippen molar-refractivity contribution in [2.75, 3.05) is 26.2 Å². The van der Waals surface area contributed by atoms with Gasteiger partial charge in [-0.2, -0.15) is 0 Å². The Bertz CT molecular complexity index is 391. The smallest absolute Gasteiger partial charge is 0.158 e. The van der Waals surface area contributed by atoms with Gasteiger partial charge in [-0.25, -0.2) is 0 Å². The summed E-state index contributed by atoms with van der Waals surface area (Å²) in [5.74, 6) is 2.72. The summed E-state index contributed by atoms with van der Waals surface area (Å²) in [5, 5.41) is 0. The minimum absolute atomic E-state index is 0.0813. The third kappa shape index (κ3) is 2.85. The lowest BCUT2D eigenvalue weighted by molar-refractivity contribution is -0.907. The summed E-state index contributed by atoms with van der Waals surface area (Å²) in [6.45, 7) is 9.65. The molecule has 0 amide bonds. The van der Waals surface area contributed by atoms with Gasteiger partial charge >= 0.3 is 0 Å². The molecule has 1 N–H and O–H groups in total. The van der Waals surface area contributed by atoms with Crippen LogP contribution in [0.1, 0.15) is 58.8 Å². The minimum Gasteiger partial charge on any atom is -0.350 e. The van der Waals surface area contributed by atoms with Crippen LogP contribution in [0, 0.1) is 23.2 Å². The number of hydrogen-bond acceptors (Lipinski definition) is 2. The molecule has 0 aromatic rings. The predicted molar refractivity (Wildman–Crippen MR) is 86.7 cm³/mol. The molecule has 2 aliphatic heterocycles. The summed E-state index contributed by atoms with van der Waals surface area (Å²) in [5.41, 5.74) is 0.506. The molecular weight excluding hydrogens is 274 g/mol. The maximum absolute atomic E-state index is 6.28. The molecule has 5 atom stereocenters. The zero-order valence-electron chi connectivity index (χ0n) is 14.5. The van der Waals surface area contributed by atoms with Crippen LogP contribution in [0.15, 0.2) is 0 Å². The fourth-order valence-electron chi connectivity index (χ4n) is 5.99. The highest BCUT2D eigenvalue weighted by Crippen LogP contribution is 2.60. The van der Waals surface area contributed by atoms with Crippen LogP contribution in [0.2, 0.25) is 0 Å². The van der Waals surface area contributed by atoms with Gasteiger partial charge in [-0.05, 0) is 61.7 Å². The van der Waals surface area contributed by atoms with Crippen LogP contribution in [-0.4, -0.2) is 38.6 Å². The maximum atomic E-state index is 6.28. The van der Waals surface area contributed by atoms with Gasteiger partial charge in [0.25, 0.3) is 0 Å². The Balaban J connectivity index is 1.28. The van der Waals surface area contributed by atoms with Crippen molar-refractivity contribution in [1.29, 1.82) is 0 Å². The van der Waals surface area contributed by atoms with Crippen LogP contribution >= 0.6 is 0 Å². The Morgan fingerprint density at radius 1 is 1.09 bits per heavy atom. The van der Waals surface area contributed by atoms with E-state index in [-0.39, 0.29) is 6.29 Å². The van der Waals surface area contributed by atoms with Gasteiger partial charge in [-0.3, -0.25) is 0 Å². The fraction of sp³-hybridized carbons (Fsp3) is 1.00. The first-order chi connectivity index (χ1) is 10.6. The monoisotopic (exact) mass is 308 g/mol. The van der Waals surface area contributed by atoms with Gasteiger partial charge in [-0.15, -0.1) is 0 Å². The first-order valence-corrected chi connectivity index (χ1v) is 9.73. The van der Waals surface area contributed by atoms with Crippen LogP contribution < -0.4 is 4.90 Å².